The predicted molar refractivity (Wildman–Crippen MR) is 103 cm³/mol. The number of nitrogens with one attached hydrogen (secondary N) is 3. The summed E-state index contributed by atoms with van der Waals surface area (Å²) < 4.78 is 5.21. The fourth-order valence-electron chi connectivity index (χ4n) is 3.64. The van der Waals surface area contributed by atoms with E-state index in [4.69, 9.17) is 4.74 Å². The first kappa shape index (κ1) is 17.9. The summed E-state index contributed by atoms with van der Waals surface area (Å²) in [4.78, 5) is 17.5. The van der Waals surface area contributed by atoms with Crippen molar-refractivity contribution in [3.63, 3.8) is 0 Å². The molecular formula is C21H26N4O2. The van der Waals surface area contributed by atoms with Gasteiger partial charge in [0.15, 0.2) is 0 Å². The zero-order valence-electron chi connectivity index (χ0n) is 15.7. The maximum atomic E-state index is 12.9. The third-order valence-corrected chi connectivity index (χ3v) is 5.36. The van der Waals surface area contributed by atoms with E-state index in [0.29, 0.717) is 12.3 Å². The van der Waals surface area contributed by atoms with E-state index < -0.39 is 0 Å². The number of benzene rings is 1. The Morgan fingerprint density at radius 1 is 1.19 bits per heavy atom. The third-order valence-electron chi connectivity index (χ3n) is 5.36. The predicted octanol–water partition coefficient (Wildman–Crippen LogP) is 2.57. The minimum atomic E-state index is -0.261. The molecule has 1 aliphatic carbocycles. The molecule has 1 aromatic heterocycles. The SMILES string of the molecule is COc1ccc(C2CC(C(=O)NC(c3cccc(C)n3)C3CC3)NN2)cc1. The molecule has 2 aromatic rings. The third kappa shape index (κ3) is 4.12. The molecule has 1 saturated heterocycles. The first-order chi connectivity index (χ1) is 13.1. The van der Waals surface area contributed by atoms with Crippen molar-refractivity contribution in [2.45, 2.75) is 44.3 Å². The van der Waals surface area contributed by atoms with Crippen LogP contribution < -0.4 is 20.9 Å². The topological polar surface area (TPSA) is 75.3 Å². The highest BCUT2D eigenvalue weighted by Gasteiger charge is 2.37. The summed E-state index contributed by atoms with van der Waals surface area (Å²) in [5.74, 6) is 1.35. The average molecular weight is 366 g/mol. The Morgan fingerprint density at radius 3 is 2.63 bits per heavy atom. The van der Waals surface area contributed by atoms with Crippen LogP contribution in [0.4, 0.5) is 0 Å². The number of hydrazine groups is 1. The Morgan fingerprint density at radius 2 is 1.96 bits per heavy atom. The van der Waals surface area contributed by atoms with E-state index >= 15 is 0 Å². The zero-order valence-corrected chi connectivity index (χ0v) is 15.7. The van der Waals surface area contributed by atoms with Crippen molar-refractivity contribution in [2.75, 3.05) is 7.11 Å². The molecule has 2 heterocycles. The van der Waals surface area contributed by atoms with E-state index in [1.807, 2.05) is 49.4 Å². The second-order valence-electron chi connectivity index (χ2n) is 7.43. The van der Waals surface area contributed by atoms with Gasteiger partial charge in [0.05, 0.1) is 18.8 Å². The largest absolute Gasteiger partial charge is 0.497 e. The number of carbonyl (C=O) groups excluding carboxylic acids is 1. The molecule has 0 spiro atoms. The van der Waals surface area contributed by atoms with Crippen molar-refractivity contribution < 1.29 is 9.53 Å². The van der Waals surface area contributed by atoms with Gasteiger partial charge in [0, 0.05) is 11.7 Å². The summed E-state index contributed by atoms with van der Waals surface area (Å²) in [7, 11) is 1.66. The number of hydrogen-bond acceptors (Lipinski definition) is 5. The summed E-state index contributed by atoms with van der Waals surface area (Å²) in [6.07, 6.45) is 2.99. The molecule has 3 unspecified atom stereocenters. The number of amides is 1. The maximum absolute atomic E-state index is 12.9. The van der Waals surface area contributed by atoms with Crippen molar-refractivity contribution in [1.29, 1.82) is 0 Å². The Kier molecular flexibility index (Phi) is 5.09. The molecule has 142 valence electrons. The number of pyridine rings is 1. The molecule has 6 nitrogen and oxygen atoms in total. The van der Waals surface area contributed by atoms with Crippen molar-refractivity contribution in [3.05, 3.63) is 59.4 Å². The van der Waals surface area contributed by atoms with Gasteiger partial charge in [-0.25, -0.2) is 10.9 Å². The minimum Gasteiger partial charge on any atom is -0.497 e. The van der Waals surface area contributed by atoms with Crippen LogP contribution in [-0.4, -0.2) is 24.0 Å². The standard InChI is InChI=1S/C21H26N4O2/c1-13-4-3-5-17(22-13)20(15-6-7-15)23-21(26)19-12-18(24-25-19)14-8-10-16(27-2)11-9-14/h3-5,8-11,15,18-20,24-25H,6-7,12H2,1-2H3,(H,23,26). The van der Waals surface area contributed by atoms with Crippen LogP contribution in [-0.2, 0) is 4.79 Å². The number of nitrogens with zero attached hydrogens (tertiary/aromatic N) is 1. The molecule has 1 amide bonds. The summed E-state index contributed by atoms with van der Waals surface area (Å²) in [6.45, 7) is 1.98. The molecule has 0 bridgehead atoms. The van der Waals surface area contributed by atoms with Crippen molar-refractivity contribution in [3.8, 4) is 5.75 Å². The number of aryl methyl sites for hydroxylation is 1. The van der Waals surface area contributed by atoms with Gasteiger partial charge in [0.25, 0.3) is 0 Å². The van der Waals surface area contributed by atoms with E-state index in [9.17, 15) is 4.79 Å². The summed E-state index contributed by atoms with van der Waals surface area (Å²) in [5.41, 5.74) is 9.47. The normalized spacial score (nSPS) is 23.0. The number of methoxy groups -OCH3 is 1. The monoisotopic (exact) mass is 366 g/mol. The fraction of sp³-hybridized carbons (Fsp3) is 0.429. The second-order valence-corrected chi connectivity index (χ2v) is 7.43. The molecule has 4 rings (SSSR count). The molecule has 3 N–H and O–H groups in total. The van der Waals surface area contributed by atoms with Gasteiger partial charge in [-0.3, -0.25) is 9.78 Å². The summed E-state index contributed by atoms with van der Waals surface area (Å²) in [6, 6.07) is 13.8. The van der Waals surface area contributed by atoms with Crippen LogP contribution in [0.3, 0.4) is 0 Å². The molecule has 3 atom stereocenters. The van der Waals surface area contributed by atoms with Gasteiger partial charge in [-0.05, 0) is 61.9 Å². The van der Waals surface area contributed by atoms with E-state index in [2.05, 4.69) is 21.2 Å². The van der Waals surface area contributed by atoms with Gasteiger partial charge >= 0.3 is 0 Å². The van der Waals surface area contributed by atoms with Gasteiger partial charge in [-0.1, -0.05) is 18.2 Å². The minimum absolute atomic E-state index is 0.000707. The lowest BCUT2D eigenvalue weighted by atomic mass is 10.0. The molecule has 2 fully saturated rings. The lowest BCUT2D eigenvalue weighted by Crippen LogP contribution is -2.45. The zero-order chi connectivity index (χ0) is 18.8. The van der Waals surface area contributed by atoms with Gasteiger partial charge in [-0.2, -0.15) is 0 Å². The first-order valence-electron chi connectivity index (χ1n) is 9.53. The summed E-state index contributed by atoms with van der Waals surface area (Å²) >= 11 is 0. The van der Waals surface area contributed by atoms with Gasteiger partial charge in [0.1, 0.15) is 11.8 Å². The molecule has 1 saturated carbocycles. The van der Waals surface area contributed by atoms with Crippen molar-refractivity contribution in [1.82, 2.24) is 21.2 Å². The molecule has 2 aliphatic rings. The summed E-state index contributed by atoms with van der Waals surface area (Å²) in [5, 5.41) is 3.23. The molecule has 1 aromatic carbocycles. The van der Waals surface area contributed by atoms with E-state index in [1.165, 1.54) is 0 Å². The smallest absolute Gasteiger partial charge is 0.239 e. The highest BCUT2D eigenvalue weighted by molar-refractivity contribution is 5.82. The Bertz CT molecular complexity index is 804. The van der Waals surface area contributed by atoms with Crippen LogP contribution in [0.2, 0.25) is 0 Å². The molecule has 0 radical (unpaired) electrons. The highest BCUT2D eigenvalue weighted by atomic mass is 16.5. The van der Waals surface area contributed by atoms with Crippen LogP contribution in [0.25, 0.3) is 0 Å². The van der Waals surface area contributed by atoms with Crippen LogP contribution >= 0.6 is 0 Å². The number of hydrogen-bond donors (Lipinski definition) is 3. The maximum Gasteiger partial charge on any atom is 0.239 e. The van der Waals surface area contributed by atoms with Crippen LogP contribution in [0.5, 0.6) is 5.75 Å². The number of carbonyl (C=O) groups is 1. The average Bonchev–Trinajstić information content (AvgIpc) is 3.41. The van der Waals surface area contributed by atoms with E-state index in [1.54, 1.807) is 7.11 Å². The van der Waals surface area contributed by atoms with Crippen LogP contribution in [0.15, 0.2) is 42.5 Å². The Hall–Kier alpha value is -2.44. The highest BCUT2D eigenvalue weighted by Crippen LogP contribution is 2.40. The quantitative estimate of drug-likeness (QED) is 0.733. The number of aromatic nitrogens is 1. The number of ether oxygens (including phenoxy) is 1. The lowest BCUT2D eigenvalue weighted by molar-refractivity contribution is -0.123. The van der Waals surface area contributed by atoms with Gasteiger partial charge < -0.3 is 10.1 Å². The first-order valence-corrected chi connectivity index (χ1v) is 9.53. The molecule has 1 aliphatic heterocycles. The Labute approximate surface area is 159 Å². The van der Waals surface area contributed by atoms with Crippen LogP contribution in [0, 0.1) is 12.8 Å². The Balaban J connectivity index is 1.40. The van der Waals surface area contributed by atoms with Crippen molar-refractivity contribution in [2.24, 2.45) is 5.92 Å². The molecule has 6 heteroatoms. The van der Waals surface area contributed by atoms with Crippen molar-refractivity contribution >= 4 is 5.91 Å². The van der Waals surface area contributed by atoms with E-state index in [0.717, 1.165) is 35.5 Å². The molecule has 27 heavy (non-hydrogen) atoms. The second kappa shape index (κ2) is 7.66. The molecular weight excluding hydrogens is 340 g/mol. The fourth-order valence-corrected chi connectivity index (χ4v) is 3.64. The van der Waals surface area contributed by atoms with Gasteiger partial charge in [0.2, 0.25) is 5.91 Å². The lowest BCUT2D eigenvalue weighted by Gasteiger charge is -2.20. The van der Waals surface area contributed by atoms with Crippen LogP contribution in [0.1, 0.15) is 48.3 Å². The number of rotatable bonds is 6. The van der Waals surface area contributed by atoms with E-state index in [-0.39, 0.29) is 24.0 Å². The van der Waals surface area contributed by atoms with Gasteiger partial charge in [-0.15, -0.1) is 0 Å².